The highest BCUT2D eigenvalue weighted by Crippen LogP contribution is 2.29. The zero-order valence-electron chi connectivity index (χ0n) is 23.0. The molecule has 1 fully saturated rings. The molecule has 13 nitrogen and oxygen atoms in total. The van der Waals surface area contributed by atoms with E-state index in [0.717, 1.165) is 0 Å². The lowest BCUT2D eigenvalue weighted by Gasteiger charge is -2.49. The molecule has 13 heteroatoms. The third kappa shape index (κ3) is 9.36. The first-order valence-electron chi connectivity index (χ1n) is 12.4. The minimum Gasteiger partial charge on any atom is -0.481 e. The first kappa shape index (κ1) is 31.2. The molecule has 1 atom stereocenters. The van der Waals surface area contributed by atoms with E-state index in [-0.39, 0.29) is 38.0 Å². The molecule has 1 aromatic rings. The van der Waals surface area contributed by atoms with Crippen molar-refractivity contribution >= 4 is 35.9 Å². The summed E-state index contributed by atoms with van der Waals surface area (Å²) in [6, 6.07) is 4.31. The molecule has 0 spiro atoms. The number of hydrogen-bond acceptors (Lipinski definition) is 9. The Balaban J connectivity index is 1.95. The summed E-state index contributed by atoms with van der Waals surface area (Å²) in [7, 11) is 0. The summed E-state index contributed by atoms with van der Waals surface area (Å²) in [4.78, 5) is 78.2. The van der Waals surface area contributed by atoms with E-state index in [1.807, 2.05) is 46.4 Å². The Labute approximate surface area is 226 Å². The van der Waals surface area contributed by atoms with Gasteiger partial charge in [0, 0.05) is 36.9 Å². The number of hydrogen-bond donors (Lipinski definition) is 3. The van der Waals surface area contributed by atoms with Crippen LogP contribution >= 0.6 is 0 Å². The monoisotopic (exact) mass is 548 g/mol. The third-order valence-corrected chi connectivity index (χ3v) is 5.68. The van der Waals surface area contributed by atoms with Crippen LogP contribution in [0.5, 0.6) is 5.75 Å². The smallest absolute Gasteiger partial charge is 0.481 e. The number of nitrogens with zero attached hydrogens (tertiary/aromatic N) is 2. The Morgan fingerprint density at radius 3 is 2.00 bits per heavy atom. The molecule has 0 bridgehead atoms. The van der Waals surface area contributed by atoms with Crippen LogP contribution in [0.25, 0.3) is 0 Å². The van der Waals surface area contributed by atoms with Gasteiger partial charge in [-0.2, -0.15) is 0 Å². The molecule has 1 aliphatic rings. The molecule has 1 saturated heterocycles. The normalized spacial score (nSPS) is 14.7. The number of urea groups is 1. The lowest BCUT2D eigenvalue weighted by atomic mass is 9.91. The van der Waals surface area contributed by atoms with Crippen LogP contribution in [0.2, 0.25) is 0 Å². The zero-order valence-corrected chi connectivity index (χ0v) is 23.0. The predicted octanol–water partition coefficient (Wildman–Crippen LogP) is 2.72. The number of imide groups is 2. The summed E-state index contributed by atoms with van der Waals surface area (Å²) in [6.45, 7) is 11.5. The van der Waals surface area contributed by atoms with Gasteiger partial charge in [-0.05, 0) is 65.7 Å². The SMILES string of the molecule is CC(C)(C)N([C@@H](CCC(=O)O)C(=O)NC(=O)NCc1ccc(OC(=O)ON2C(=O)CCC2=O)cc1)C(C)(C)C. The number of rotatable bonds is 9. The van der Waals surface area contributed by atoms with Crippen molar-refractivity contribution < 1.29 is 43.4 Å². The number of aliphatic carboxylic acids is 1. The van der Waals surface area contributed by atoms with E-state index >= 15 is 0 Å². The van der Waals surface area contributed by atoms with Crippen LogP contribution in [-0.4, -0.2) is 68.1 Å². The molecular weight excluding hydrogens is 512 g/mol. The average molecular weight is 549 g/mol. The van der Waals surface area contributed by atoms with Crippen LogP contribution in [0.4, 0.5) is 9.59 Å². The van der Waals surface area contributed by atoms with E-state index in [2.05, 4.69) is 15.5 Å². The second-order valence-electron chi connectivity index (χ2n) is 11.0. The quantitative estimate of drug-likeness (QED) is 0.237. The molecule has 0 aliphatic carbocycles. The lowest BCUT2D eigenvalue weighted by Crippen LogP contribution is -2.62. The molecule has 214 valence electrons. The first-order valence-corrected chi connectivity index (χ1v) is 12.4. The number of ether oxygens (including phenoxy) is 1. The number of carboxylic acid groups (broad SMARTS) is 1. The van der Waals surface area contributed by atoms with E-state index < -0.39 is 53.0 Å². The van der Waals surface area contributed by atoms with Crippen molar-refractivity contribution in [2.75, 3.05) is 0 Å². The fraction of sp³-hybridized carbons (Fsp3) is 0.538. The Bertz CT molecular complexity index is 1070. The van der Waals surface area contributed by atoms with Crippen LogP contribution in [0.3, 0.4) is 0 Å². The zero-order chi connectivity index (χ0) is 29.5. The van der Waals surface area contributed by atoms with E-state index in [0.29, 0.717) is 10.6 Å². The molecule has 5 amide bonds. The molecule has 0 aromatic heterocycles. The van der Waals surface area contributed by atoms with Crippen LogP contribution in [-0.2, 0) is 30.6 Å². The number of carbonyl (C=O) groups is 6. The van der Waals surface area contributed by atoms with Crippen molar-refractivity contribution in [1.29, 1.82) is 0 Å². The Morgan fingerprint density at radius 1 is 0.974 bits per heavy atom. The molecule has 1 heterocycles. The Kier molecular flexibility index (Phi) is 10.2. The van der Waals surface area contributed by atoms with E-state index in [1.54, 1.807) is 12.1 Å². The third-order valence-electron chi connectivity index (χ3n) is 5.68. The van der Waals surface area contributed by atoms with Gasteiger partial charge in [-0.25, -0.2) is 9.59 Å². The van der Waals surface area contributed by atoms with Crippen molar-refractivity contribution in [2.24, 2.45) is 0 Å². The predicted molar refractivity (Wildman–Crippen MR) is 137 cm³/mol. The van der Waals surface area contributed by atoms with Crippen LogP contribution in [0, 0.1) is 0 Å². The molecule has 0 unspecified atom stereocenters. The molecule has 3 N–H and O–H groups in total. The van der Waals surface area contributed by atoms with Gasteiger partial charge >= 0.3 is 18.2 Å². The highest BCUT2D eigenvalue weighted by Gasteiger charge is 2.41. The summed E-state index contributed by atoms with van der Waals surface area (Å²) >= 11 is 0. The summed E-state index contributed by atoms with van der Waals surface area (Å²) in [6.07, 6.45) is -1.55. The van der Waals surface area contributed by atoms with E-state index in [1.165, 1.54) is 12.1 Å². The molecule has 39 heavy (non-hydrogen) atoms. The first-order chi connectivity index (χ1) is 18.0. The van der Waals surface area contributed by atoms with Gasteiger partial charge in [0.25, 0.3) is 11.8 Å². The topological polar surface area (TPSA) is 172 Å². The highest BCUT2D eigenvalue weighted by molar-refractivity contribution is 6.01. The molecule has 1 aliphatic heterocycles. The van der Waals surface area contributed by atoms with Gasteiger partial charge in [0.05, 0.1) is 6.04 Å². The van der Waals surface area contributed by atoms with Crippen LogP contribution < -0.4 is 15.4 Å². The maximum atomic E-state index is 13.1. The Morgan fingerprint density at radius 2 is 1.51 bits per heavy atom. The van der Waals surface area contributed by atoms with E-state index in [9.17, 15) is 33.9 Å². The highest BCUT2D eigenvalue weighted by atomic mass is 16.8. The second kappa shape index (κ2) is 12.7. The molecular formula is C26H36N4O9. The maximum Gasteiger partial charge on any atom is 0.539 e. The van der Waals surface area contributed by atoms with Gasteiger partial charge in [0.15, 0.2) is 0 Å². The Hall–Kier alpha value is -4.00. The largest absolute Gasteiger partial charge is 0.539 e. The molecule has 1 aromatic carbocycles. The summed E-state index contributed by atoms with van der Waals surface area (Å²) in [5.74, 6) is -2.84. The number of nitrogens with one attached hydrogen (secondary N) is 2. The fourth-order valence-electron chi connectivity index (χ4n) is 4.52. The van der Waals surface area contributed by atoms with Gasteiger partial charge in [-0.15, -0.1) is 0 Å². The summed E-state index contributed by atoms with van der Waals surface area (Å²) < 4.78 is 4.95. The second-order valence-corrected chi connectivity index (χ2v) is 11.0. The van der Waals surface area contributed by atoms with Gasteiger partial charge < -0.3 is 15.2 Å². The lowest BCUT2D eigenvalue weighted by molar-refractivity contribution is -0.174. The van der Waals surface area contributed by atoms with Crippen molar-refractivity contribution in [3.63, 3.8) is 0 Å². The van der Waals surface area contributed by atoms with Crippen molar-refractivity contribution in [1.82, 2.24) is 20.6 Å². The van der Waals surface area contributed by atoms with Crippen molar-refractivity contribution in [3.05, 3.63) is 29.8 Å². The number of carbonyl (C=O) groups excluding carboxylic acids is 5. The number of hydroxylamine groups is 2. The molecule has 0 saturated carbocycles. The molecule has 0 radical (unpaired) electrons. The van der Waals surface area contributed by atoms with Crippen LogP contribution in [0.1, 0.15) is 72.8 Å². The maximum absolute atomic E-state index is 13.1. The summed E-state index contributed by atoms with van der Waals surface area (Å²) in [5.41, 5.74) is -0.382. The molecule has 2 rings (SSSR count). The van der Waals surface area contributed by atoms with E-state index in [4.69, 9.17) is 4.74 Å². The number of amides is 5. The van der Waals surface area contributed by atoms with Gasteiger partial charge in [0.1, 0.15) is 5.75 Å². The van der Waals surface area contributed by atoms with Gasteiger partial charge in [0.2, 0.25) is 5.91 Å². The van der Waals surface area contributed by atoms with Crippen LogP contribution in [0.15, 0.2) is 24.3 Å². The number of carboxylic acids is 1. The van der Waals surface area contributed by atoms with Gasteiger partial charge in [-0.1, -0.05) is 17.2 Å². The van der Waals surface area contributed by atoms with Gasteiger partial charge in [-0.3, -0.25) is 34.2 Å². The number of benzene rings is 1. The van der Waals surface area contributed by atoms with Crippen molar-refractivity contribution in [2.45, 2.75) is 90.9 Å². The summed E-state index contributed by atoms with van der Waals surface area (Å²) in [5, 5.41) is 14.4. The average Bonchev–Trinajstić information content (AvgIpc) is 3.11. The minimum absolute atomic E-state index is 0.0208. The fourth-order valence-corrected chi connectivity index (χ4v) is 4.52. The standard InChI is InChI=1S/C26H36N4O9/c1-25(2,3)30(26(4,5)6)18(11-14-21(33)34)22(35)28-23(36)27-15-16-7-9-17(10-8-16)38-24(37)39-29-19(31)12-13-20(29)32/h7-10,18H,11-15H2,1-6H3,(H,33,34)(H2,27,28,35,36)/t18-/m0/s1. The van der Waals surface area contributed by atoms with Crippen molar-refractivity contribution in [3.8, 4) is 5.75 Å². The minimum atomic E-state index is -1.25.